The third-order valence-electron chi connectivity index (χ3n) is 5.73. The molecular formula is C25H19Br. The average molecular weight is 399 g/mol. The predicted molar refractivity (Wildman–Crippen MR) is 115 cm³/mol. The van der Waals surface area contributed by atoms with Crippen LogP contribution >= 0.6 is 15.9 Å². The second-order valence-electron chi connectivity index (χ2n) is 7.61. The van der Waals surface area contributed by atoms with Crippen molar-refractivity contribution in [2.75, 3.05) is 0 Å². The number of halogens is 1. The first-order valence-corrected chi connectivity index (χ1v) is 9.78. The molecular weight excluding hydrogens is 380 g/mol. The van der Waals surface area contributed by atoms with Gasteiger partial charge in [0.05, 0.1) is 0 Å². The highest BCUT2D eigenvalue weighted by atomic mass is 79.9. The van der Waals surface area contributed by atoms with Crippen LogP contribution in [0.25, 0.3) is 33.0 Å². The van der Waals surface area contributed by atoms with Gasteiger partial charge in [0, 0.05) is 9.89 Å². The third kappa shape index (κ3) is 2.20. The molecule has 0 aromatic heterocycles. The minimum Gasteiger partial charge on any atom is -0.0616 e. The van der Waals surface area contributed by atoms with Crippen molar-refractivity contribution in [3.63, 3.8) is 0 Å². The second kappa shape index (κ2) is 5.56. The fraction of sp³-hybridized carbons (Fsp3) is 0.120. The first-order chi connectivity index (χ1) is 12.6. The summed E-state index contributed by atoms with van der Waals surface area (Å²) in [4.78, 5) is 0. The number of rotatable bonds is 1. The van der Waals surface area contributed by atoms with Crippen LogP contribution in [-0.2, 0) is 5.41 Å². The number of benzene rings is 4. The zero-order valence-electron chi connectivity index (χ0n) is 14.9. The Morgan fingerprint density at radius 1 is 0.615 bits per heavy atom. The van der Waals surface area contributed by atoms with Gasteiger partial charge in [-0.1, -0.05) is 84.4 Å². The van der Waals surface area contributed by atoms with Crippen LogP contribution in [0.1, 0.15) is 25.0 Å². The first kappa shape index (κ1) is 15.8. The molecule has 0 bridgehead atoms. The van der Waals surface area contributed by atoms with Crippen LogP contribution in [-0.4, -0.2) is 0 Å². The van der Waals surface area contributed by atoms with E-state index in [0.29, 0.717) is 0 Å². The molecule has 0 aliphatic heterocycles. The van der Waals surface area contributed by atoms with Crippen molar-refractivity contribution in [2.45, 2.75) is 19.3 Å². The highest BCUT2D eigenvalue weighted by Crippen LogP contribution is 2.50. The lowest BCUT2D eigenvalue weighted by atomic mass is 9.81. The molecule has 0 heterocycles. The van der Waals surface area contributed by atoms with E-state index in [0.717, 1.165) is 4.47 Å². The predicted octanol–water partition coefficient (Wildman–Crippen LogP) is 7.58. The zero-order chi connectivity index (χ0) is 17.9. The SMILES string of the molecule is CC1(C)c2ccc(-c3ccccc3Br)cc2-c2cc3ccccc3cc21. The van der Waals surface area contributed by atoms with Crippen molar-refractivity contribution in [3.05, 3.63) is 94.5 Å². The summed E-state index contributed by atoms with van der Waals surface area (Å²) in [7, 11) is 0. The van der Waals surface area contributed by atoms with E-state index in [-0.39, 0.29) is 5.41 Å². The highest BCUT2D eigenvalue weighted by Gasteiger charge is 2.35. The Hall–Kier alpha value is -2.38. The van der Waals surface area contributed by atoms with E-state index in [1.807, 2.05) is 0 Å². The Labute approximate surface area is 162 Å². The van der Waals surface area contributed by atoms with Crippen LogP contribution < -0.4 is 0 Å². The zero-order valence-corrected chi connectivity index (χ0v) is 16.5. The van der Waals surface area contributed by atoms with Crippen LogP contribution in [0.4, 0.5) is 0 Å². The van der Waals surface area contributed by atoms with Gasteiger partial charge in [-0.25, -0.2) is 0 Å². The molecule has 4 aromatic carbocycles. The van der Waals surface area contributed by atoms with Crippen molar-refractivity contribution in [3.8, 4) is 22.3 Å². The topological polar surface area (TPSA) is 0 Å². The van der Waals surface area contributed by atoms with E-state index in [9.17, 15) is 0 Å². The lowest BCUT2D eigenvalue weighted by Crippen LogP contribution is -2.14. The average Bonchev–Trinajstić information content (AvgIpc) is 2.87. The van der Waals surface area contributed by atoms with Gasteiger partial charge in [0.2, 0.25) is 0 Å². The maximum atomic E-state index is 3.70. The van der Waals surface area contributed by atoms with Crippen molar-refractivity contribution >= 4 is 26.7 Å². The summed E-state index contributed by atoms with van der Waals surface area (Å²) in [5.74, 6) is 0. The monoisotopic (exact) mass is 398 g/mol. The molecule has 0 saturated carbocycles. The molecule has 0 N–H and O–H groups in total. The fourth-order valence-corrected chi connectivity index (χ4v) is 4.81. The first-order valence-electron chi connectivity index (χ1n) is 8.99. The molecule has 4 aromatic rings. The summed E-state index contributed by atoms with van der Waals surface area (Å²) in [5, 5.41) is 2.62. The Morgan fingerprint density at radius 3 is 2.04 bits per heavy atom. The van der Waals surface area contributed by atoms with Gasteiger partial charge in [-0.3, -0.25) is 0 Å². The summed E-state index contributed by atoms with van der Waals surface area (Å²) in [6, 6.07) is 28.8. The largest absolute Gasteiger partial charge is 0.0616 e. The smallest absolute Gasteiger partial charge is 0.0253 e. The van der Waals surface area contributed by atoms with Crippen LogP contribution in [0, 0.1) is 0 Å². The Kier molecular flexibility index (Phi) is 3.39. The van der Waals surface area contributed by atoms with Crippen LogP contribution in [0.3, 0.4) is 0 Å². The van der Waals surface area contributed by atoms with Gasteiger partial charge < -0.3 is 0 Å². The van der Waals surface area contributed by atoms with E-state index in [1.54, 1.807) is 0 Å². The molecule has 0 atom stereocenters. The molecule has 0 fully saturated rings. The van der Waals surface area contributed by atoms with Gasteiger partial charge in [-0.2, -0.15) is 0 Å². The van der Waals surface area contributed by atoms with Crippen LogP contribution in [0.15, 0.2) is 83.3 Å². The van der Waals surface area contributed by atoms with Gasteiger partial charge in [0.15, 0.2) is 0 Å². The van der Waals surface area contributed by atoms with Crippen molar-refractivity contribution < 1.29 is 0 Å². The van der Waals surface area contributed by atoms with Crippen molar-refractivity contribution in [1.82, 2.24) is 0 Å². The summed E-state index contributed by atoms with van der Waals surface area (Å²) < 4.78 is 1.14. The molecule has 126 valence electrons. The lowest BCUT2D eigenvalue weighted by molar-refractivity contribution is 0.661. The number of hydrogen-bond donors (Lipinski definition) is 0. The van der Waals surface area contributed by atoms with Crippen LogP contribution in [0.2, 0.25) is 0 Å². The quantitative estimate of drug-likeness (QED) is 0.310. The molecule has 5 rings (SSSR count). The minimum absolute atomic E-state index is 0.0289. The van der Waals surface area contributed by atoms with E-state index >= 15 is 0 Å². The minimum atomic E-state index is 0.0289. The van der Waals surface area contributed by atoms with E-state index in [4.69, 9.17) is 0 Å². The van der Waals surface area contributed by atoms with Gasteiger partial charge in [-0.05, 0) is 68.4 Å². The molecule has 1 aliphatic rings. The third-order valence-corrected chi connectivity index (χ3v) is 6.42. The van der Waals surface area contributed by atoms with E-state index < -0.39 is 0 Å². The van der Waals surface area contributed by atoms with E-state index in [2.05, 4.69) is 109 Å². The van der Waals surface area contributed by atoms with Gasteiger partial charge >= 0.3 is 0 Å². The van der Waals surface area contributed by atoms with Gasteiger partial charge in [-0.15, -0.1) is 0 Å². The molecule has 0 spiro atoms. The standard InChI is InChI=1S/C25H19Br/c1-25(2)22-12-11-18(19-9-5-6-10-24(19)26)14-20(22)21-13-16-7-3-4-8-17(16)15-23(21)25/h3-15H,1-2H3. The molecule has 0 radical (unpaired) electrons. The number of fused-ring (bicyclic) bond motifs is 4. The van der Waals surface area contributed by atoms with Crippen molar-refractivity contribution in [2.24, 2.45) is 0 Å². The Balaban J connectivity index is 1.79. The van der Waals surface area contributed by atoms with Gasteiger partial charge in [0.1, 0.15) is 0 Å². The number of hydrogen-bond acceptors (Lipinski definition) is 0. The summed E-state index contributed by atoms with van der Waals surface area (Å²) >= 11 is 3.70. The molecule has 1 aliphatic carbocycles. The van der Waals surface area contributed by atoms with Crippen LogP contribution in [0.5, 0.6) is 0 Å². The summed E-state index contributed by atoms with van der Waals surface area (Å²) in [5.41, 5.74) is 8.10. The second-order valence-corrected chi connectivity index (χ2v) is 8.46. The normalized spacial score (nSPS) is 14.3. The van der Waals surface area contributed by atoms with Gasteiger partial charge in [0.25, 0.3) is 0 Å². The summed E-state index contributed by atoms with van der Waals surface area (Å²) in [6.45, 7) is 4.68. The highest BCUT2D eigenvalue weighted by molar-refractivity contribution is 9.10. The fourth-order valence-electron chi connectivity index (χ4n) is 4.30. The maximum absolute atomic E-state index is 3.70. The molecule has 1 heteroatoms. The summed E-state index contributed by atoms with van der Waals surface area (Å²) in [6.07, 6.45) is 0. The Bertz CT molecular complexity index is 1170. The molecule has 0 nitrogen and oxygen atoms in total. The molecule has 0 saturated heterocycles. The molecule has 26 heavy (non-hydrogen) atoms. The molecule has 0 unspecified atom stereocenters. The van der Waals surface area contributed by atoms with E-state index in [1.165, 1.54) is 44.2 Å². The van der Waals surface area contributed by atoms with Crippen molar-refractivity contribution in [1.29, 1.82) is 0 Å². The maximum Gasteiger partial charge on any atom is 0.0253 e. The lowest BCUT2D eigenvalue weighted by Gasteiger charge is -2.22. The molecule has 0 amide bonds. The Morgan fingerprint density at radius 2 is 1.27 bits per heavy atom.